The second kappa shape index (κ2) is 4.35. The first-order valence-electron chi connectivity index (χ1n) is 5.40. The molecule has 0 bridgehead atoms. The molecule has 0 amide bonds. The van der Waals surface area contributed by atoms with Crippen LogP contribution in [0.4, 0.5) is 19.0 Å². The van der Waals surface area contributed by atoms with Gasteiger partial charge in [0, 0.05) is 17.8 Å². The molecule has 1 aromatic carbocycles. The Labute approximate surface area is 107 Å². The van der Waals surface area contributed by atoms with E-state index in [2.05, 4.69) is 0 Å². The normalized spacial score (nSPS) is 10.5. The minimum Gasteiger partial charge on any atom is -0.384 e. The second-order valence-electron chi connectivity index (χ2n) is 4.14. The highest BCUT2D eigenvalue weighted by atomic mass is 19.2. The molecule has 0 radical (unpaired) electrons. The molecule has 0 spiro atoms. The van der Waals surface area contributed by atoms with E-state index in [9.17, 15) is 13.2 Å². The quantitative estimate of drug-likeness (QED) is 0.806. The standard InChI is InChI=1S/C13H10F3N3/c1-6-7(2)19(13(18)9(6)5-17)8-3-10(14)12(16)11(15)4-8/h3-4H,18H2,1-2H3. The maximum atomic E-state index is 13.2. The van der Waals surface area contributed by atoms with Crippen LogP contribution in [-0.4, -0.2) is 4.57 Å². The fraction of sp³-hybridized carbons (Fsp3) is 0.154. The summed E-state index contributed by atoms with van der Waals surface area (Å²) < 4.78 is 40.7. The van der Waals surface area contributed by atoms with Crippen LogP contribution in [0.15, 0.2) is 12.1 Å². The van der Waals surface area contributed by atoms with Crippen molar-refractivity contribution in [3.05, 3.63) is 46.4 Å². The Morgan fingerprint density at radius 3 is 2.11 bits per heavy atom. The summed E-state index contributed by atoms with van der Waals surface area (Å²) in [6.45, 7) is 3.34. The first-order valence-corrected chi connectivity index (χ1v) is 5.40. The predicted octanol–water partition coefficient (Wildman–Crippen LogP) is 2.97. The van der Waals surface area contributed by atoms with Gasteiger partial charge in [-0.3, -0.25) is 4.57 Å². The van der Waals surface area contributed by atoms with Gasteiger partial charge in [-0.25, -0.2) is 13.2 Å². The molecule has 2 aromatic rings. The summed E-state index contributed by atoms with van der Waals surface area (Å²) in [5.74, 6) is -4.08. The highest BCUT2D eigenvalue weighted by molar-refractivity contribution is 5.62. The molecule has 0 aliphatic carbocycles. The van der Waals surface area contributed by atoms with Crippen molar-refractivity contribution in [1.29, 1.82) is 5.26 Å². The van der Waals surface area contributed by atoms with Gasteiger partial charge in [-0.1, -0.05) is 0 Å². The van der Waals surface area contributed by atoms with Gasteiger partial charge in [0.2, 0.25) is 0 Å². The molecule has 1 aromatic heterocycles. The number of nitrogens with zero attached hydrogens (tertiary/aromatic N) is 2. The molecule has 98 valence electrons. The van der Waals surface area contributed by atoms with Crippen LogP contribution in [0.5, 0.6) is 0 Å². The minimum atomic E-state index is -1.54. The van der Waals surface area contributed by atoms with E-state index in [4.69, 9.17) is 11.0 Å². The zero-order chi connectivity index (χ0) is 14.3. The molecule has 2 N–H and O–H groups in total. The van der Waals surface area contributed by atoms with Crippen LogP contribution in [0.3, 0.4) is 0 Å². The lowest BCUT2D eigenvalue weighted by Crippen LogP contribution is -2.05. The van der Waals surface area contributed by atoms with E-state index in [1.54, 1.807) is 13.8 Å². The third-order valence-corrected chi connectivity index (χ3v) is 3.09. The van der Waals surface area contributed by atoms with Gasteiger partial charge in [-0.2, -0.15) is 5.26 Å². The Morgan fingerprint density at radius 1 is 1.16 bits per heavy atom. The Morgan fingerprint density at radius 2 is 1.68 bits per heavy atom. The number of halogens is 3. The molecular weight excluding hydrogens is 255 g/mol. The number of aromatic nitrogens is 1. The number of hydrogen-bond donors (Lipinski definition) is 1. The van der Waals surface area contributed by atoms with Gasteiger partial charge >= 0.3 is 0 Å². The summed E-state index contributed by atoms with van der Waals surface area (Å²) >= 11 is 0. The molecule has 6 heteroatoms. The number of anilines is 1. The molecule has 0 saturated carbocycles. The summed E-state index contributed by atoms with van der Waals surface area (Å²) in [6, 6.07) is 3.60. The lowest BCUT2D eigenvalue weighted by atomic mass is 10.2. The number of nitriles is 1. The molecule has 0 unspecified atom stereocenters. The molecule has 0 saturated heterocycles. The third kappa shape index (κ3) is 1.83. The van der Waals surface area contributed by atoms with Crippen molar-refractivity contribution in [3.63, 3.8) is 0 Å². The number of hydrogen-bond acceptors (Lipinski definition) is 2. The van der Waals surface area contributed by atoms with Crippen LogP contribution >= 0.6 is 0 Å². The monoisotopic (exact) mass is 265 g/mol. The van der Waals surface area contributed by atoms with Gasteiger partial charge in [-0.15, -0.1) is 0 Å². The summed E-state index contributed by atoms with van der Waals surface area (Å²) in [5.41, 5.74) is 7.25. The third-order valence-electron chi connectivity index (χ3n) is 3.09. The zero-order valence-electron chi connectivity index (χ0n) is 10.3. The van der Waals surface area contributed by atoms with Crippen LogP contribution < -0.4 is 5.73 Å². The van der Waals surface area contributed by atoms with Crippen molar-refractivity contribution in [1.82, 2.24) is 4.57 Å². The van der Waals surface area contributed by atoms with Gasteiger partial charge in [0.1, 0.15) is 11.9 Å². The number of benzene rings is 1. The van der Waals surface area contributed by atoms with E-state index < -0.39 is 17.5 Å². The van der Waals surface area contributed by atoms with Gasteiger partial charge in [0.15, 0.2) is 17.5 Å². The maximum Gasteiger partial charge on any atom is 0.194 e. The summed E-state index contributed by atoms with van der Waals surface area (Å²) in [7, 11) is 0. The van der Waals surface area contributed by atoms with Crippen molar-refractivity contribution < 1.29 is 13.2 Å². The largest absolute Gasteiger partial charge is 0.384 e. The molecule has 1 heterocycles. The zero-order valence-corrected chi connectivity index (χ0v) is 10.3. The van der Waals surface area contributed by atoms with E-state index in [1.807, 2.05) is 6.07 Å². The van der Waals surface area contributed by atoms with Gasteiger partial charge < -0.3 is 5.73 Å². The molecular formula is C13H10F3N3. The number of nitrogens with two attached hydrogens (primary N) is 1. The molecule has 0 aliphatic heterocycles. The molecule has 0 atom stereocenters. The highest BCUT2D eigenvalue weighted by Crippen LogP contribution is 2.28. The summed E-state index contributed by atoms with van der Waals surface area (Å²) in [5, 5.41) is 8.99. The van der Waals surface area contributed by atoms with Crippen molar-refractivity contribution in [2.45, 2.75) is 13.8 Å². The predicted molar refractivity (Wildman–Crippen MR) is 64.2 cm³/mol. The fourth-order valence-corrected chi connectivity index (χ4v) is 1.98. The van der Waals surface area contributed by atoms with Crippen molar-refractivity contribution in [3.8, 4) is 11.8 Å². The SMILES string of the molecule is Cc1c(C#N)c(N)n(-c2cc(F)c(F)c(F)c2)c1C. The minimum absolute atomic E-state index is 0.0380. The van der Waals surface area contributed by atoms with Crippen LogP contribution in [0.1, 0.15) is 16.8 Å². The van der Waals surface area contributed by atoms with E-state index in [0.29, 0.717) is 11.3 Å². The van der Waals surface area contributed by atoms with Crippen LogP contribution in [-0.2, 0) is 0 Å². The lowest BCUT2D eigenvalue weighted by molar-refractivity contribution is 0.446. The first-order chi connectivity index (χ1) is 8.88. The number of nitrogen functional groups attached to an aromatic ring is 1. The van der Waals surface area contributed by atoms with E-state index in [1.165, 1.54) is 4.57 Å². The van der Waals surface area contributed by atoms with E-state index in [-0.39, 0.29) is 17.1 Å². The molecule has 3 nitrogen and oxygen atoms in total. The Hall–Kier alpha value is -2.42. The highest BCUT2D eigenvalue weighted by Gasteiger charge is 2.19. The molecule has 0 aliphatic rings. The van der Waals surface area contributed by atoms with Crippen LogP contribution in [0.2, 0.25) is 0 Å². The van der Waals surface area contributed by atoms with Gasteiger partial charge in [-0.05, 0) is 19.4 Å². The van der Waals surface area contributed by atoms with E-state index in [0.717, 1.165) is 12.1 Å². The molecule has 2 rings (SSSR count). The Kier molecular flexibility index (Phi) is 2.98. The van der Waals surface area contributed by atoms with Crippen molar-refractivity contribution in [2.24, 2.45) is 0 Å². The van der Waals surface area contributed by atoms with Gasteiger partial charge in [0.25, 0.3) is 0 Å². The number of rotatable bonds is 1. The van der Waals surface area contributed by atoms with E-state index >= 15 is 0 Å². The topological polar surface area (TPSA) is 54.7 Å². The smallest absolute Gasteiger partial charge is 0.194 e. The maximum absolute atomic E-state index is 13.2. The van der Waals surface area contributed by atoms with Crippen LogP contribution in [0.25, 0.3) is 5.69 Å². The lowest BCUT2D eigenvalue weighted by Gasteiger charge is -2.10. The first kappa shape index (κ1) is 13.0. The Balaban J connectivity index is 2.77. The Bertz CT molecular complexity index is 688. The van der Waals surface area contributed by atoms with Crippen LogP contribution in [0, 0.1) is 42.6 Å². The van der Waals surface area contributed by atoms with Crippen molar-refractivity contribution >= 4 is 5.82 Å². The second-order valence-corrected chi connectivity index (χ2v) is 4.14. The molecule has 19 heavy (non-hydrogen) atoms. The average Bonchev–Trinajstić information content (AvgIpc) is 2.57. The average molecular weight is 265 g/mol. The van der Waals surface area contributed by atoms with Crippen molar-refractivity contribution in [2.75, 3.05) is 5.73 Å². The summed E-state index contributed by atoms with van der Waals surface area (Å²) in [6.07, 6.45) is 0. The fourth-order valence-electron chi connectivity index (χ4n) is 1.98. The molecule has 0 fully saturated rings. The van der Waals surface area contributed by atoms with Gasteiger partial charge in [0.05, 0.1) is 11.3 Å². The summed E-state index contributed by atoms with van der Waals surface area (Å²) in [4.78, 5) is 0.